The van der Waals surface area contributed by atoms with Gasteiger partial charge in [-0.15, -0.1) is 6.42 Å². The van der Waals surface area contributed by atoms with E-state index >= 15 is 4.39 Å². The third-order valence-corrected chi connectivity index (χ3v) is 5.47. The van der Waals surface area contributed by atoms with E-state index in [1.54, 1.807) is 18.3 Å². The van der Waals surface area contributed by atoms with Gasteiger partial charge in [-0.25, -0.2) is 29.3 Å². The third-order valence-electron chi connectivity index (χ3n) is 5.47. The zero-order chi connectivity index (χ0) is 23.8. The summed E-state index contributed by atoms with van der Waals surface area (Å²) in [4.78, 5) is 20.9. The van der Waals surface area contributed by atoms with Crippen molar-refractivity contribution >= 4 is 16.9 Å². The highest BCUT2D eigenvalue weighted by Crippen LogP contribution is 2.43. The third kappa shape index (κ3) is 3.47. The summed E-state index contributed by atoms with van der Waals surface area (Å²) in [5.74, 6) is 2.24. The first-order valence-electron chi connectivity index (χ1n) is 10.2. The molecule has 9 heteroatoms. The molecule has 0 bridgehead atoms. The molecule has 0 amide bonds. The average molecular weight is 451 g/mol. The minimum Gasteiger partial charge on any atom is -0.421 e. The minimum atomic E-state index is -0.583. The van der Waals surface area contributed by atoms with Crippen LogP contribution in [0, 0.1) is 25.1 Å². The summed E-state index contributed by atoms with van der Waals surface area (Å²) in [6.07, 6.45) is 11.6. The molecular weight excluding hydrogens is 433 g/mol. The number of nitrogens with zero attached hydrogens (tertiary/aromatic N) is 6. The average Bonchev–Trinajstić information content (AvgIpc) is 3.14. The van der Waals surface area contributed by atoms with Gasteiger partial charge < -0.3 is 15.0 Å². The Morgan fingerprint density at radius 3 is 2.59 bits per heavy atom. The van der Waals surface area contributed by atoms with Crippen LogP contribution < -0.4 is 10.5 Å². The van der Waals surface area contributed by atoms with Gasteiger partial charge in [-0.3, -0.25) is 0 Å². The first-order chi connectivity index (χ1) is 16.5. The van der Waals surface area contributed by atoms with Crippen molar-refractivity contribution in [2.45, 2.75) is 6.92 Å². The number of benzene rings is 1. The number of terminal acetylenes is 1. The number of hydrogen-bond donors (Lipinski definition) is 1. The largest absolute Gasteiger partial charge is 0.421 e. The molecule has 0 aliphatic carbocycles. The molecule has 0 unspecified atom stereocenters. The molecule has 2 N–H and O–H groups in total. The highest BCUT2D eigenvalue weighted by atomic mass is 19.1. The van der Waals surface area contributed by atoms with Gasteiger partial charge in [0.25, 0.3) is 0 Å². The summed E-state index contributed by atoms with van der Waals surface area (Å²) in [7, 11) is 1.86. The van der Waals surface area contributed by atoms with E-state index in [0.29, 0.717) is 27.9 Å². The summed E-state index contributed by atoms with van der Waals surface area (Å²) in [6, 6.07) is 8.16. The Morgan fingerprint density at radius 1 is 1.09 bits per heavy atom. The molecule has 1 aromatic carbocycles. The Hall–Kier alpha value is -4.84. The number of ether oxygens (including phenoxy) is 1. The van der Waals surface area contributed by atoms with Crippen LogP contribution in [0.25, 0.3) is 33.4 Å². The molecule has 0 atom stereocenters. The molecule has 0 aliphatic heterocycles. The quantitative estimate of drug-likeness (QED) is 0.407. The van der Waals surface area contributed by atoms with Crippen molar-refractivity contribution in [2.24, 2.45) is 7.05 Å². The zero-order valence-corrected chi connectivity index (χ0v) is 18.3. The Labute approximate surface area is 194 Å². The lowest BCUT2D eigenvalue weighted by Gasteiger charge is -2.12. The highest BCUT2D eigenvalue weighted by Gasteiger charge is 2.24. The number of anilines is 1. The maximum atomic E-state index is 15.2. The van der Waals surface area contributed by atoms with Crippen LogP contribution in [-0.4, -0.2) is 29.5 Å². The molecule has 4 heterocycles. The standard InChI is InChI=1S/C25H18FN7O/c1-4-16-10-14(2)17(12-30-16)22-20(21-23(27)31-13-32-24(21)33(22)3)15-6-7-19(18(26)11-15)34-25-28-8-5-9-29-25/h1,5-13H,2-3H3,(H2,27,31,32). The van der Waals surface area contributed by atoms with Crippen LogP contribution in [-0.2, 0) is 7.05 Å². The summed E-state index contributed by atoms with van der Waals surface area (Å²) >= 11 is 0. The molecule has 166 valence electrons. The van der Waals surface area contributed by atoms with Crippen LogP contribution in [0.4, 0.5) is 10.2 Å². The number of nitrogen functional groups attached to an aromatic ring is 1. The SMILES string of the molecule is C#Cc1cc(C)c(-c2c(-c3ccc(Oc4ncccn4)c(F)c3)c3c(N)ncnc3n2C)cn1. The van der Waals surface area contributed by atoms with Crippen molar-refractivity contribution in [2.75, 3.05) is 5.73 Å². The predicted molar refractivity (Wildman–Crippen MR) is 126 cm³/mol. The zero-order valence-electron chi connectivity index (χ0n) is 18.3. The van der Waals surface area contributed by atoms with Crippen molar-refractivity contribution in [3.05, 3.63) is 72.3 Å². The summed E-state index contributed by atoms with van der Waals surface area (Å²) < 4.78 is 22.5. The summed E-state index contributed by atoms with van der Waals surface area (Å²) in [6.45, 7) is 1.94. The maximum Gasteiger partial charge on any atom is 0.321 e. The van der Waals surface area contributed by atoms with Gasteiger partial charge in [-0.1, -0.05) is 12.0 Å². The van der Waals surface area contributed by atoms with Crippen LogP contribution in [0.2, 0.25) is 0 Å². The van der Waals surface area contributed by atoms with E-state index in [-0.39, 0.29) is 17.6 Å². The number of aromatic nitrogens is 6. The van der Waals surface area contributed by atoms with Gasteiger partial charge in [0.1, 0.15) is 23.5 Å². The van der Waals surface area contributed by atoms with Crippen molar-refractivity contribution in [1.82, 2.24) is 29.5 Å². The Balaban J connectivity index is 1.73. The van der Waals surface area contributed by atoms with E-state index in [1.807, 2.05) is 24.6 Å². The van der Waals surface area contributed by atoms with Gasteiger partial charge >= 0.3 is 6.01 Å². The predicted octanol–water partition coefficient (Wildman–Crippen LogP) is 4.29. The van der Waals surface area contributed by atoms with Crippen molar-refractivity contribution < 1.29 is 9.13 Å². The van der Waals surface area contributed by atoms with E-state index in [0.717, 1.165) is 16.8 Å². The fraction of sp³-hybridized carbons (Fsp3) is 0.0800. The van der Waals surface area contributed by atoms with Gasteiger partial charge in [0.2, 0.25) is 0 Å². The van der Waals surface area contributed by atoms with E-state index in [9.17, 15) is 0 Å². The second-order valence-corrected chi connectivity index (χ2v) is 7.55. The molecular formula is C25H18FN7O. The van der Waals surface area contributed by atoms with E-state index in [1.165, 1.54) is 30.9 Å². The van der Waals surface area contributed by atoms with Gasteiger partial charge in [0.05, 0.1) is 11.1 Å². The fourth-order valence-electron chi connectivity index (χ4n) is 3.93. The molecule has 5 rings (SSSR count). The molecule has 0 radical (unpaired) electrons. The Morgan fingerprint density at radius 2 is 1.88 bits per heavy atom. The lowest BCUT2D eigenvalue weighted by molar-refractivity contribution is 0.411. The number of hydrogen-bond acceptors (Lipinski definition) is 7. The van der Waals surface area contributed by atoms with Crippen molar-refractivity contribution in [3.8, 4) is 46.5 Å². The van der Waals surface area contributed by atoms with Crippen LogP contribution in [0.15, 0.2) is 55.2 Å². The van der Waals surface area contributed by atoms with Crippen molar-refractivity contribution in [3.63, 3.8) is 0 Å². The molecule has 0 saturated carbocycles. The molecule has 5 aromatic rings. The molecule has 8 nitrogen and oxygen atoms in total. The van der Waals surface area contributed by atoms with Gasteiger partial charge in [-0.05, 0) is 42.3 Å². The second-order valence-electron chi connectivity index (χ2n) is 7.55. The van der Waals surface area contributed by atoms with Gasteiger partial charge in [-0.2, -0.15) is 0 Å². The Bertz CT molecular complexity index is 1590. The molecule has 0 saturated heterocycles. The van der Waals surface area contributed by atoms with E-state index in [2.05, 4.69) is 30.8 Å². The van der Waals surface area contributed by atoms with E-state index < -0.39 is 5.82 Å². The normalized spacial score (nSPS) is 10.9. The summed E-state index contributed by atoms with van der Waals surface area (Å²) in [5, 5.41) is 0.611. The number of halogens is 1. The van der Waals surface area contributed by atoms with E-state index in [4.69, 9.17) is 16.9 Å². The smallest absolute Gasteiger partial charge is 0.321 e. The molecule has 34 heavy (non-hydrogen) atoms. The van der Waals surface area contributed by atoms with Crippen LogP contribution in [0.5, 0.6) is 11.8 Å². The minimum absolute atomic E-state index is 0.00261. The fourth-order valence-corrected chi connectivity index (χ4v) is 3.93. The number of pyridine rings is 1. The van der Waals surface area contributed by atoms with Crippen LogP contribution >= 0.6 is 0 Å². The summed E-state index contributed by atoms with van der Waals surface area (Å²) in [5.41, 5.74) is 11.1. The first kappa shape index (κ1) is 21.0. The number of aryl methyl sites for hydroxylation is 2. The number of nitrogens with two attached hydrogens (primary N) is 1. The van der Waals surface area contributed by atoms with Gasteiger partial charge in [0.15, 0.2) is 11.6 Å². The molecule has 0 spiro atoms. The highest BCUT2D eigenvalue weighted by molar-refractivity contribution is 6.08. The topological polar surface area (TPSA) is 105 Å². The second kappa shape index (κ2) is 8.26. The lowest BCUT2D eigenvalue weighted by Crippen LogP contribution is -1.98. The molecule has 0 aliphatic rings. The molecule has 4 aromatic heterocycles. The monoisotopic (exact) mass is 451 g/mol. The Kier molecular flexibility index (Phi) is 5.11. The lowest BCUT2D eigenvalue weighted by atomic mass is 9.97. The maximum absolute atomic E-state index is 15.2. The van der Waals surface area contributed by atoms with Gasteiger partial charge in [0, 0.05) is 36.8 Å². The van der Waals surface area contributed by atoms with Crippen molar-refractivity contribution in [1.29, 1.82) is 0 Å². The number of fused-ring (bicyclic) bond motifs is 1. The molecule has 0 fully saturated rings. The first-order valence-corrected chi connectivity index (χ1v) is 10.2. The number of rotatable bonds is 4. The van der Waals surface area contributed by atoms with Crippen LogP contribution in [0.1, 0.15) is 11.3 Å². The van der Waals surface area contributed by atoms with Crippen LogP contribution in [0.3, 0.4) is 0 Å².